The van der Waals surface area contributed by atoms with E-state index in [9.17, 15) is 0 Å². The van der Waals surface area contributed by atoms with E-state index in [0.717, 1.165) is 62.6 Å². The summed E-state index contributed by atoms with van der Waals surface area (Å²) in [6.07, 6.45) is 8.51. The molecule has 0 saturated carbocycles. The van der Waals surface area contributed by atoms with Crippen LogP contribution >= 0.6 is 0 Å². The van der Waals surface area contributed by atoms with Crippen molar-refractivity contribution in [3.05, 3.63) is 158 Å². The van der Waals surface area contributed by atoms with Gasteiger partial charge in [0.1, 0.15) is 11.2 Å². The Balaban J connectivity index is 1.33. The first kappa shape index (κ1) is 27.2. The van der Waals surface area contributed by atoms with Crippen molar-refractivity contribution in [1.29, 1.82) is 0 Å². The maximum absolute atomic E-state index is 6.55. The van der Waals surface area contributed by atoms with Crippen LogP contribution in [0.25, 0.3) is 83.3 Å². The van der Waals surface area contributed by atoms with E-state index >= 15 is 0 Å². The molecular weight excluding hydrogens is 574 g/mol. The molecule has 0 aliphatic heterocycles. The minimum absolute atomic E-state index is 0.623. The Morgan fingerprint density at radius 1 is 0.447 bits per heavy atom. The molecule has 0 atom stereocenters. The summed E-state index contributed by atoms with van der Waals surface area (Å²) < 4.78 is 6.55. The zero-order valence-electron chi connectivity index (χ0n) is 25.6. The van der Waals surface area contributed by atoms with E-state index < -0.39 is 0 Å². The second-order valence-electron chi connectivity index (χ2n) is 11.9. The average molecular weight is 604 g/mol. The van der Waals surface area contributed by atoms with E-state index in [2.05, 4.69) is 109 Å². The number of furan rings is 1. The van der Waals surface area contributed by atoms with Crippen molar-refractivity contribution in [2.45, 2.75) is 12.8 Å². The molecule has 2 heterocycles. The average Bonchev–Trinajstić information content (AvgIpc) is 3.53. The van der Waals surface area contributed by atoms with E-state index in [-0.39, 0.29) is 0 Å². The standard InChI is InChI=1S/C43H29N3O/c1-4-14-28(15-5-1)32-24-25-33(35-21-11-10-20-34(32)35)31-26-37(40-36-22-12-13-23-38(36)47-39(40)27-31)43-45-41(29-16-6-2-7-17-29)44-42(46-43)30-18-8-3-9-19-30/h1-2,4-8,10-27H,3,9H2. The number of allylic oxidation sites excluding steroid dienone is 4. The van der Waals surface area contributed by atoms with E-state index in [0.29, 0.717) is 17.5 Å². The minimum Gasteiger partial charge on any atom is -0.456 e. The van der Waals surface area contributed by atoms with Gasteiger partial charge in [-0.3, -0.25) is 0 Å². The van der Waals surface area contributed by atoms with E-state index in [4.69, 9.17) is 19.4 Å². The molecule has 1 aliphatic carbocycles. The predicted molar refractivity (Wildman–Crippen MR) is 193 cm³/mol. The molecule has 1 aliphatic rings. The Bertz CT molecular complexity index is 2510. The summed E-state index contributed by atoms with van der Waals surface area (Å²) in [5.74, 6) is 1.95. The molecule has 222 valence electrons. The number of hydrogen-bond acceptors (Lipinski definition) is 4. The quantitative estimate of drug-likeness (QED) is 0.196. The molecule has 9 rings (SSSR count). The molecule has 0 radical (unpaired) electrons. The number of hydrogen-bond donors (Lipinski definition) is 0. The van der Waals surface area contributed by atoms with Crippen molar-refractivity contribution in [3.8, 4) is 45.0 Å². The third kappa shape index (κ3) is 4.82. The lowest BCUT2D eigenvalue weighted by atomic mass is 9.90. The first-order valence-electron chi connectivity index (χ1n) is 16.0. The molecule has 4 nitrogen and oxygen atoms in total. The Kier molecular flexibility index (Phi) is 6.57. The van der Waals surface area contributed by atoms with Gasteiger partial charge in [0, 0.05) is 27.5 Å². The number of aromatic nitrogens is 3. The Morgan fingerprint density at radius 3 is 1.79 bits per heavy atom. The van der Waals surface area contributed by atoms with Gasteiger partial charge in [0.2, 0.25) is 0 Å². The molecule has 6 aromatic carbocycles. The van der Waals surface area contributed by atoms with E-state index in [1.54, 1.807) is 0 Å². The number of benzene rings is 6. The van der Waals surface area contributed by atoms with E-state index in [1.165, 1.54) is 21.9 Å². The first-order chi connectivity index (χ1) is 23.3. The maximum Gasteiger partial charge on any atom is 0.164 e. The first-order valence-corrected chi connectivity index (χ1v) is 16.0. The fraction of sp³-hybridized carbons (Fsp3) is 0.0465. The van der Waals surface area contributed by atoms with Crippen LogP contribution in [-0.4, -0.2) is 15.0 Å². The van der Waals surface area contributed by atoms with Gasteiger partial charge in [0.05, 0.1) is 0 Å². The molecule has 8 aromatic rings. The predicted octanol–water partition coefficient (Wildman–Crippen LogP) is 11.3. The third-order valence-electron chi connectivity index (χ3n) is 8.96. The second-order valence-corrected chi connectivity index (χ2v) is 11.9. The molecule has 2 aromatic heterocycles. The lowest BCUT2D eigenvalue weighted by Crippen LogP contribution is -2.03. The van der Waals surface area contributed by atoms with Crippen molar-refractivity contribution >= 4 is 38.3 Å². The van der Waals surface area contributed by atoms with Crippen LogP contribution in [0.1, 0.15) is 18.7 Å². The van der Waals surface area contributed by atoms with Gasteiger partial charge in [-0.1, -0.05) is 133 Å². The van der Waals surface area contributed by atoms with E-state index in [1.807, 2.05) is 42.5 Å². The molecule has 0 fully saturated rings. The molecule has 4 heteroatoms. The second kappa shape index (κ2) is 11.3. The summed E-state index contributed by atoms with van der Waals surface area (Å²) >= 11 is 0. The van der Waals surface area contributed by atoms with Gasteiger partial charge in [-0.25, -0.2) is 15.0 Å². The fourth-order valence-electron chi connectivity index (χ4n) is 6.73. The highest BCUT2D eigenvalue weighted by atomic mass is 16.3. The van der Waals surface area contributed by atoms with Crippen LogP contribution in [0.15, 0.2) is 156 Å². The van der Waals surface area contributed by atoms with Gasteiger partial charge >= 0.3 is 0 Å². The SMILES string of the molecule is C1=CC(c2nc(-c3ccccc3)nc(-c3cc(-c4ccc(-c5ccccc5)c5ccccc45)cc4oc5ccccc5c34)n2)=CCC1. The number of rotatable bonds is 5. The van der Waals surface area contributed by atoms with Gasteiger partial charge < -0.3 is 4.42 Å². The summed E-state index contributed by atoms with van der Waals surface area (Å²) in [7, 11) is 0. The van der Waals surface area contributed by atoms with Gasteiger partial charge in [-0.2, -0.15) is 0 Å². The normalized spacial score (nSPS) is 13.0. The van der Waals surface area contributed by atoms with Crippen LogP contribution in [0.5, 0.6) is 0 Å². The van der Waals surface area contributed by atoms with Gasteiger partial charge in [-0.15, -0.1) is 0 Å². The van der Waals surface area contributed by atoms with Crippen molar-refractivity contribution in [2.24, 2.45) is 0 Å². The topological polar surface area (TPSA) is 51.8 Å². The van der Waals surface area contributed by atoms with Crippen molar-refractivity contribution in [3.63, 3.8) is 0 Å². The number of fused-ring (bicyclic) bond motifs is 4. The lowest BCUT2D eigenvalue weighted by Gasteiger charge is -2.14. The molecule has 0 N–H and O–H groups in total. The Morgan fingerprint density at radius 2 is 1.06 bits per heavy atom. The molecular formula is C43H29N3O. The zero-order chi connectivity index (χ0) is 31.2. The summed E-state index contributed by atoms with van der Waals surface area (Å²) in [6, 6.07) is 46.4. The number of nitrogens with zero attached hydrogens (tertiary/aromatic N) is 3. The highest BCUT2D eigenvalue weighted by Crippen LogP contribution is 2.42. The van der Waals surface area contributed by atoms with Gasteiger partial charge in [0.15, 0.2) is 17.5 Å². The van der Waals surface area contributed by atoms with Crippen LogP contribution in [0, 0.1) is 0 Å². The summed E-state index contributed by atoms with van der Waals surface area (Å²) in [6.45, 7) is 0. The van der Waals surface area contributed by atoms with Crippen LogP contribution in [0.4, 0.5) is 0 Å². The zero-order valence-corrected chi connectivity index (χ0v) is 25.6. The lowest BCUT2D eigenvalue weighted by molar-refractivity contribution is 0.669. The molecule has 0 spiro atoms. The molecule has 0 saturated heterocycles. The molecule has 0 amide bonds. The van der Waals surface area contributed by atoms with Gasteiger partial charge in [0.25, 0.3) is 0 Å². The molecule has 47 heavy (non-hydrogen) atoms. The van der Waals surface area contributed by atoms with Crippen molar-refractivity contribution in [2.75, 3.05) is 0 Å². The van der Waals surface area contributed by atoms with Crippen LogP contribution in [-0.2, 0) is 0 Å². The smallest absolute Gasteiger partial charge is 0.164 e. The summed E-state index contributed by atoms with van der Waals surface area (Å²) in [5.41, 5.74) is 9.09. The minimum atomic E-state index is 0.623. The monoisotopic (exact) mass is 603 g/mol. The fourth-order valence-corrected chi connectivity index (χ4v) is 6.73. The Labute approximate surface area is 272 Å². The van der Waals surface area contributed by atoms with Crippen LogP contribution in [0.3, 0.4) is 0 Å². The molecule has 0 bridgehead atoms. The Hall–Kier alpha value is -6.13. The third-order valence-corrected chi connectivity index (χ3v) is 8.96. The highest BCUT2D eigenvalue weighted by molar-refractivity contribution is 6.14. The van der Waals surface area contributed by atoms with Gasteiger partial charge in [-0.05, 0) is 64.1 Å². The largest absolute Gasteiger partial charge is 0.456 e. The molecule has 0 unspecified atom stereocenters. The van der Waals surface area contributed by atoms with Crippen LogP contribution in [0.2, 0.25) is 0 Å². The van der Waals surface area contributed by atoms with Crippen LogP contribution < -0.4 is 0 Å². The number of para-hydroxylation sites is 1. The van der Waals surface area contributed by atoms with Crippen molar-refractivity contribution in [1.82, 2.24) is 15.0 Å². The summed E-state index contributed by atoms with van der Waals surface area (Å²) in [4.78, 5) is 15.3. The highest BCUT2D eigenvalue weighted by Gasteiger charge is 2.21. The maximum atomic E-state index is 6.55. The van der Waals surface area contributed by atoms with Crippen molar-refractivity contribution < 1.29 is 4.42 Å². The summed E-state index contributed by atoms with van der Waals surface area (Å²) in [5, 5.41) is 4.41.